The Morgan fingerprint density at radius 2 is 1.94 bits per heavy atom. The Morgan fingerprint density at radius 1 is 1.06 bits per heavy atom. The quantitative estimate of drug-likeness (QED) is 0.452. The molecule has 0 unspecified atom stereocenters. The third kappa shape index (κ3) is 3.30. The average molecular weight is 430 g/mol. The molecule has 1 aliphatic heterocycles. The number of β-amino-alcohol motifs (C(OH)–C–C–N with tert-alkyl or cyclic N) is 1. The highest BCUT2D eigenvalue weighted by molar-refractivity contribution is 6.06. The predicted octanol–water partition coefficient (Wildman–Crippen LogP) is 4.01. The highest BCUT2D eigenvalue weighted by atomic mass is 16.3. The molecule has 4 aromatic heterocycles. The molecule has 0 saturated heterocycles. The number of nitrogens with zero attached hydrogens (tertiary/aromatic N) is 5. The summed E-state index contributed by atoms with van der Waals surface area (Å²) in [7, 11) is 0. The molecule has 8 nitrogen and oxygen atoms in total. The zero-order chi connectivity index (χ0) is 21.7. The van der Waals surface area contributed by atoms with Gasteiger partial charge in [0.1, 0.15) is 17.6 Å². The zero-order valence-electron chi connectivity index (χ0n) is 18.1. The summed E-state index contributed by atoms with van der Waals surface area (Å²) < 4.78 is 2.37. The minimum Gasteiger partial charge on any atom is -0.385 e. The molecule has 0 spiro atoms. The lowest BCUT2D eigenvalue weighted by molar-refractivity contribution is 0.160. The Kier molecular flexibility index (Phi) is 4.77. The standard InChI is InChI=1S/C24H27N7O/c1-14-2-5-16(6-3-14)31-19-12-25-9-8-17(19)18-11-27-24(30-23(18)31)29-21-7-4-15-10-26-13-20(32)22(15)28-21/h4,7-9,11-12,14,16,20,26,32H,2-3,5-6,10,13H2,1H3,(H,27,28,29,30)/t14-,16-,20-/m1/s1. The molecule has 0 amide bonds. The zero-order valence-corrected chi connectivity index (χ0v) is 18.1. The summed E-state index contributed by atoms with van der Waals surface area (Å²) in [5.41, 5.74) is 3.79. The molecule has 164 valence electrons. The van der Waals surface area contributed by atoms with Gasteiger partial charge in [-0.05, 0) is 49.3 Å². The van der Waals surface area contributed by atoms with Crippen LogP contribution in [0.3, 0.4) is 0 Å². The summed E-state index contributed by atoms with van der Waals surface area (Å²) in [6, 6.07) is 6.37. The molecule has 32 heavy (non-hydrogen) atoms. The van der Waals surface area contributed by atoms with E-state index in [1.165, 1.54) is 12.8 Å². The lowest BCUT2D eigenvalue weighted by Gasteiger charge is -2.28. The number of rotatable bonds is 3. The highest BCUT2D eigenvalue weighted by Crippen LogP contribution is 2.38. The van der Waals surface area contributed by atoms with E-state index in [-0.39, 0.29) is 0 Å². The van der Waals surface area contributed by atoms with Crippen LogP contribution in [0.5, 0.6) is 0 Å². The Balaban J connectivity index is 1.41. The van der Waals surface area contributed by atoms with Crippen molar-refractivity contribution in [1.82, 2.24) is 29.8 Å². The van der Waals surface area contributed by atoms with Crippen LogP contribution in [0, 0.1) is 5.92 Å². The SMILES string of the molecule is C[C@H]1CC[C@H](n2c3cnccc3c3cnc(Nc4ccc5c(n4)[C@H](O)CNC5)nc32)CC1. The fraction of sp³-hybridized carbons (Fsp3) is 0.417. The maximum absolute atomic E-state index is 10.3. The van der Waals surface area contributed by atoms with Crippen LogP contribution in [0.2, 0.25) is 0 Å². The van der Waals surface area contributed by atoms with Crippen LogP contribution in [-0.2, 0) is 6.54 Å². The number of nitrogens with one attached hydrogen (secondary N) is 2. The third-order valence-electron chi connectivity index (χ3n) is 6.92. The number of aliphatic hydroxyl groups is 1. The minimum absolute atomic E-state index is 0.419. The van der Waals surface area contributed by atoms with E-state index < -0.39 is 6.10 Å². The van der Waals surface area contributed by atoms with Crippen LogP contribution in [0.25, 0.3) is 21.9 Å². The van der Waals surface area contributed by atoms with Crippen molar-refractivity contribution < 1.29 is 5.11 Å². The number of pyridine rings is 2. The van der Waals surface area contributed by atoms with Crippen LogP contribution in [-0.4, -0.2) is 36.2 Å². The topological polar surface area (TPSA) is 101 Å². The second-order valence-corrected chi connectivity index (χ2v) is 9.12. The molecule has 8 heteroatoms. The number of hydrogen-bond acceptors (Lipinski definition) is 7. The highest BCUT2D eigenvalue weighted by Gasteiger charge is 2.25. The number of aromatic nitrogens is 5. The number of anilines is 2. The second kappa shape index (κ2) is 7.79. The fourth-order valence-corrected chi connectivity index (χ4v) is 5.16. The lowest BCUT2D eigenvalue weighted by Crippen LogP contribution is -2.29. The summed E-state index contributed by atoms with van der Waals surface area (Å²) in [6.07, 6.45) is 9.84. The van der Waals surface area contributed by atoms with Gasteiger partial charge in [-0.3, -0.25) is 4.98 Å². The third-order valence-corrected chi connectivity index (χ3v) is 6.92. The first-order valence-electron chi connectivity index (χ1n) is 11.4. The summed E-state index contributed by atoms with van der Waals surface area (Å²) in [5, 5.41) is 18.9. The van der Waals surface area contributed by atoms with E-state index in [2.05, 4.69) is 43.1 Å². The van der Waals surface area contributed by atoms with Crippen LogP contribution in [0.1, 0.15) is 56.0 Å². The number of aliphatic hydroxyl groups excluding tert-OH is 1. The molecule has 1 saturated carbocycles. The van der Waals surface area contributed by atoms with Gasteiger partial charge in [0.25, 0.3) is 0 Å². The van der Waals surface area contributed by atoms with E-state index in [1.54, 1.807) is 0 Å². The lowest BCUT2D eigenvalue weighted by atomic mass is 9.87. The smallest absolute Gasteiger partial charge is 0.230 e. The Morgan fingerprint density at radius 3 is 2.81 bits per heavy atom. The largest absolute Gasteiger partial charge is 0.385 e. The minimum atomic E-state index is -0.604. The summed E-state index contributed by atoms with van der Waals surface area (Å²) >= 11 is 0. The van der Waals surface area contributed by atoms with Gasteiger partial charge in [-0.1, -0.05) is 13.0 Å². The van der Waals surface area contributed by atoms with E-state index in [0.717, 1.165) is 52.8 Å². The summed E-state index contributed by atoms with van der Waals surface area (Å²) in [4.78, 5) is 18.5. The monoisotopic (exact) mass is 429 g/mol. The van der Waals surface area contributed by atoms with Gasteiger partial charge in [-0.2, -0.15) is 4.98 Å². The van der Waals surface area contributed by atoms with Crippen LogP contribution in [0.4, 0.5) is 11.8 Å². The van der Waals surface area contributed by atoms with Crippen molar-refractivity contribution in [2.45, 2.75) is 51.3 Å². The Bertz CT molecular complexity index is 1290. The molecular weight excluding hydrogens is 402 g/mol. The molecular formula is C24H27N7O. The van der Waals surface area contributed by atoms with E-state index in [1.807, 2.05) is 30.7 Å². The predicted molar refractivity (Wildman–Crippen MR) is 124 cm³/mol. The molecule has 6 rings (SSSR count). The Labute approximate surface area is 186 Å². The molecule has 2 aliphatic rings. The van der Waals surface area contributed by atoms with Crippen molar-refractivity contribution in [3.05, 3.63) is 48.0 Å². The van der Waals surface area contributed by atoms with Crippen LogP contribution >= 0.6 is 0 Å². The van der Waals surface area contributed by atoms with Crippen molar-refractivity contribution in [2.24, 2.45) is 5.92 Å². The van der Waals surface area contributed by atoms with Crippen molar-refractivity contribution in [2.75, 3.05) is 11.9 Å². The van der Waals surface area contributed by atoms with E-state index in [4.69, 9.17) is 4.98 Å². The summed E-state index contributed by atoms with van der Waals surface area (Å²) in [6.45, 7) is 3.57. The van der Waals surface area contributed by atoms with Gasteiger partial charge in [0.15, 0.2) is 0 Å². The molecule has 3 N–H and O–H groups in total. The summed E-state index contributed by atoms with van der Waals surface area (Å²) in [5.74, 6) is 1.93. The van der Waals surface area contributed by atoms with Gasteiger partial charge in [-0.15, -0.1) is 0 Å². The van der Waals surface area contributed by atoms with E-state index in [9.17, 15) is 5.11 Å². The molecule has 4 aromatic rings. The number of hydrogen-bond donors (Lipinski definition) is 3. The van der Waals surface area contributed by atoms with Crippen LogP contribution in [0.15, 0.2) is 36.8 Å². The van der Waals surface area contributed by atoms with Crippen molar-refractivity contribution >= 4 is 33.7 Å². The van der Waals surface area contributed by atoms with Gasteiger partial charge in [0.05, 0.1) is 17.4 Å². The normalized spacial score (nSPS) is 23.4. The maximum atomic E-state index is 10.3. The van der Waals surface area contributed by atoms with E-state index >= 15 is 0 Å². The van der Waals surface area contributed by atoms with Gasteiger partial charge in [0.2, 0.25) is 5.95 Å². The molecule has 1 aliphatic carbocycles. The van der Waals surface area contributed by atoms with E-state index in [0.29, 0.717) is 30.0 Å². The molecule has 0 aromatic carbocycles. The molecule has 5 heterocycles. The first kappa shape index (κ1) is 19.6. The van der Waals surface area contributed by atoms with Gasteiger partial charge in [-0.25, -0.2) is 9.97 Å². The molecule has 1 fully saturated rings. The van der Waals surface area contributed by atoms with Crippen LogP contribution < -0.4 is 10.6 Å². The second-order valence-electron chi connectivity index (χ2n) is 9.12. The molecule has 1 atom stereocenters. The molecule has 0 bridgehead atoms. The van der Waals surface area contributed by atoms with Crippen molar-refractivity contribution in [3.63, 3.8) is 0 Å². The van der Waals surface area contributed by atoms with Crippen molar-refractivity contribution in [1.29, 1.82) is 0 Å². The Hall–Kier alpha value is -3.10. The van der Waals surface area contributed by atoms with Gasteiger partial charge >= 0.3 is 0 Å². The first-order valence-corrected chi connectivity index (χ1v) is 11.4. The average Bonchev–Trinajstić information content (AvgIpc) is 3.14. The number of fused-ring (bicyclic) bond motifs is 4. The van der Waals surface area contributed by atoms with Gasteiger partial charge < -0.3 is 20.3 Å². The molecule has 0 radical (unpaired) electrons. The van der Waals surface area contributed by atoms with Crippen molar-refractivity contribution in [3.8, 4) is 0 Å². The van der Waals surface area contributed by atoms with Gasteiger partial charge in [0, 0.05) is 42.3 Å². The maximum Gasteiger partial charge on any atom is 0.230 e. The first-order chi connectivity index (χ1) is 15.7. The fourth-order valence-electron chi connectivity index (χ4n) is 5.16.